The van der Waals surface area contributed by atoms with Crippen molar-refractivity contribution < 1.29 is 129 Å². The van der Waals surface area contributed by atoms with Gasteiger partial charge in [-0.1, -0.05) is 52.4 Å². The molecule has 138 heavy (non-hydrogen) atoms. The monoisotopic (exact) mass is 2190 g/mol. The van der Waals surface area contributed by atoms with E-state index in [1.54, 1.807) is 31.9 Å². The third-order valence-electron chi connectivity index (χ3n) is 23.9. The van der Waals surface area contributed by atoms with Crippen molar-refractivity contribution in [2.45, 2.75) is 146 Å². The Kier molecular flexibility index (Phi) is 24.3. The summed E-state index contributed by atoms with van der Waals surface area (Å²) in [6.07, 6.45) is -18.8. The van der Waals surface area contributed by atoms with Crippen LogP contribution in [0.4, 0.5) is 48.1 Å². The van der Waals surface area contributed by atoms with Gasteiger partial charge < -0.3 is 123 Å². The van der Waals surface area contributed by atoms with Gasteiger partial charge in [-0.2, -0.15) is 29.0 Å². The minimum Gasteiger partial charge on any atom is -0.397 e. The molecule has 6 unspecified atom stereocenters. The zero-order valence-electron chi connectivity index (χ0n) is 68.8. The van der Waals surface area contributed by atoms with Crippen LogP contribution in [-0.4, -0.2) is 301 Å². The molecule has 12 aliphatic rings. The van der Waals surface area contributed by atoms with Crippen LogP contribution in [0.2, 0.25) is 0 Å². The summed E-state index contributed by atoms with van der Waals surface area (Å²) in [4.78, 5) is 116. The van der Waals surface area contributed by atoms with Crippen LogP contribution >= 0.6 is 75.1 Å². The van der Waals surface area contributed by atoms with Gasteiger partial charge in [-0.05, 0) is 77.2 Å². The van der Waals surface area contributed by atoms with Crippen molar-refractivity contribution >= 4 is 236 Å². The van der Waals surface area contributed by atoms with Gasteiger partial charge in [-0.3, -0.25) is 65.7 Å². The highest BCUT2D eigenvalue weighted by atomic mass is 32.9. The molecule has 30 atom stereocenters. The minimum absolute atomic E-state index is 0.0599. The average Bonchev–Trinajstić information content (AvgIpc) is 1.56. The van der Waals surface area contributed by atoms with Crippen LogP contribution in [0.15, 0.2) is 70.2 Å². The number of alkyl halides is 3. The number of thiol groups is 3. The Balaban J connectivity index is 0.000000119. The summed E-state index contributed by atoms with van der Waals surface area (Å²) in [6, 6.07) is 4.82. The maximum Gasteiger partial charge on any atom is 0.386 e. The molecule has 18 N–H and O–H groups in total. The molecule has 0 radical (unpaired) electrons. The zero-order valence-corrected chi connectivity index (χ0v) is 80.9. The van der Waals surface area contributed by atoms with Gasteiger partial charge in [0.2, 0.25) is 29.2 Å². The van der Waals surface area contributed by atoms with E-state index in [9.17, 15) is 33.6 Å². The smallest absolute Gasteiger partial charge is 0.386 e. The van der Waals surface area contributed by atoms with E-state index in [0.29, 0.717) is 50.6 Å². The number of nitrogens with two attached hydrogens (primary N) is 6. The van der Waals surface area contributed by atoms with Crippen molar-refractivity contribution in [2.24, 2.45) is 0 Å². The maximum atomic E-state index is 16.0. The van der Waals surface area contributed by atoms with Gasteiger partial charge >= 0.3 is 27.0 Å². The molecule has 12 aromatic heterocycles. The van der Waals surface area contributed by atoms with E-state index in [4.69, 9.17) is 190 Å². The molecule has 12 aliphatic heterocycles. The Morgan fingerprint density at radius 2 is 0.717 bits per heavy atom. The average molecular weight is 2190 g/mol. The molecule has 0 aromatic carbocycles. The van der Waals surface area contributed by atoms with Crippen LogP contribution in [0.3, 0.4) is 0 Å². The fourth-order valence-electron chi connectivity index (χ4n) is 17.7. The fourth-order valence-corrected chi connectivity index (χ4v) is 27.4. The van der Waals surface area contributed by atoms with Gasteiger partial charge in [0.05, 0.1) is 95.5 Å². The normalized spacial score (nSPS) is 39.7. The first kappa shape index (κ1) is 95.7. The largest absolute Gasteiger partial charge is 0.397 e. The third-order valence-corrected chi connectivity index (χ3v) is 34.5. The Hall–Kier alpha value is -7.14. The zero-order chi connectivity index (χ0) is 96.5. The van der Waals surface area contributed by atoms with Crippen molar-refractivity contribution in [3.8, 4) is 0 Å². The van der Waals surface area contributed by atoms with Gasteiger partial charge in [0.25, 0.3) is 16.7 Å². The Labute approximate surface area is 805 Å². The fraction of sp³-hybridized carbons (Fsp3) is 0.524. The Morgan fingerprint density at radius 3 is 1.10 bits per heavy atom. The van der Waals surface area contributed by atoms with E-state index in [-0.39, 0.29) is 77.8 Å². The molecule has 0 amide bonds. The molecule has 12 aromatic rings. The molecule has 24 rings (SSSR count). The van der Waals surface area contributed by atoms with Crippen molar-refractivity contribution in [3.05, 3.63) is 86.8 Å². The predicted molar refractivity (Wildman–Crippen MR) is 489 cm³/mol. The summed E-state index contributed by atoms with van der Waals surface area (Å²) in [7, 11) is 0. The van der Waals surface area contributed by atoms with Gasteiger partial charge in [0.15, 0.2) is 106 Å². The van der Waals surface area contributed by atoms with E-state index < -0.39 is 234 Å². The number of imidazole rings is 3. The number of rotatable bonds is 6. The summed E-state index contributed by atoms with van der Waals surface area (Å²) < 4.78 is 195. The molecular formula is C63H69F3N30O28P6S8. The van der Waals surface area contributed by atoms with E-state index in [0.717, 1.165) is 14.0 Å². The highest BCUT2D eigenvalue weighted by Crippen LogP contribution is 2.67. The summed E-state index contributed by atoms with van der Waals surface area (Å²) in [5, 5.41) is 23.1. The van der Waals surface area contributed by atoms with E-state index >= 15 is 13.2 Å². The summed E-state index contributed by atoms with van der Waals surface area (Å²) in [5.74, 6) is -0.761. The number of H-pyrrole nitrogens is 3. The van der Waals surface area contributed by atoms with Crippen LogP contribution in [0.25, 0.3) is 67.0 Å². The molecule has 738 valence electrons. The topological polar surface area (TPSA) is 749 Å². The van der Waals surface area contributed by atoms with Crippen LogP contribution in [-0.2, 0) is 161 Å². The molecule has 0 saturated carbocycles. The number of nitrogens with one attached hydrogen (secondary N) is 3. The number of anilines is 6. The number of fused-ring (bicyclic) bond motifs is 12. The highest BCUT2D eigenvalue weighted by molar-refractivity contribution is 8.60. The lowest BCUT2D eigenvalue weighted by Crippen LogP contribution is -2.45. The van der Waals surface area contributed by atoms with Gasteiger partial charge in [-0.25, -0.2) is 47.6 Å². The number of nitrogen functional groups attached to an aromatic ring is 6. The second-order valence-electron chi connectivity index (χ2n) is 32.5. The first-order valence-electron chi connectivity index (χ1n) is 40.3. The molecule has 75 heteroatoms. The van der Waals surface area contributed by atoms with Crippen LogP contribution in [0.5, 0.6) is 0 Å². The molecule has 12 bridgehead atoms. The maximum absolute atomic E-state index is 16.0. The quantitative estimate of drug-likeness (QED) is 0.0797. The van der Waals surface area contributed by atoms with Gasteiger partial charge in [0.1, 0.15) is 107 Å². The van der Waals surface area contributed by atoms with Crippen molar-refractivity contribution in [1.29, 1.82) is 0 Å². The lowest BCUT2D eigenvalue weighted by Gasteiger charge is -2.33. The third kappa shape index (κ3) is 16.9. The van der Waals surface area contributed by atoms with Crippen molar-refractivity contribution in [3.63, 3.8) is 0 Å². The lowest BCUT2D eigenvalue weighted by molar-refractivity contribution is -0.183. The first-order valence-corrected chi connectivity index (χ1v) is 58.3. The van der Waals surface area contributed by atoms with E-state index in [2.05, 4.69) is 127 Å². The van der Waals surface area contributed by atoms with Crippen LogP contribution in [0.1, 0.15) is 37.4 Å². The molecular weight excluding hydrogens is 2120 g/mol. The standard InChI is InChI=1S/C21H23FN10O10P2S2.2C21H23FN10O9P2S3/c22-9-8-3-37-43(34,45)42-14-13-18(31-6-26-10-7(23)1-2-25-15(10)31)40-21(14,4-36-13)5-38-44(35,46)41-12(9)19(39-8)32-16-11(29-30-32)17(33)28-20(24)27-16;22-9-8-3-36-43(45,46)41-14-13-18(31-6-26-10-7(23)1-2-25-15(10)31)39-21(14,4-35-13)5-37-42(34,44)40-12(9)19(38-8)32-16-11(29-30-32)17(33)28-20(24)27-16;22-9-8-3-36-42(34,44)41-14-13-18(31-6-26-10-7(23)1-2-25-15(10)31)39-21(14,4-35-13)5-37-43(45,46)40-12(9)19(38-8)32-16-11(29-30-32)17(33)28-20(24)27-16/h1-2,6,8-9,12-14,18-19H,3-5H2,(H2,23,25)(H,34,45)(H,35,46)(H3,24,27,28,33);2*1-2,6,8-9,12-14,18-19H,3-5H2,(H2,23,25)(H,34,44)(H,45,46)(H3,24,27,28,33)/t8-,9+,12-,13-,14+,18-,19-,21-,43?,44?;2*8-,9+,12-,13-,14+,18-,19-,21-,42?/m111/s1. The molecule has 0 spiro atoms. The van der Waals surface area contributed by atoms with Gasteiger partial charge in [-0.15, -0.1) is 15.3 Å². The number of aromatic nitrogens is 24. The number of ether oxygens (including phenoxy) is 9. The lowest BCUT2D eigenvalue weighted by atomic mass is 10.0. The number of nitrogens with zero attached hydrogens (tertiary/aromatic N) is 21. The summed E-state index contributed by atoms with van der Waals surface area (Å²) in [6.45, 7) is -20.3. The number of halogens is 3. The SMILES string of the molecule is Nc1nc2c(nnn2[C@@H]2O[C@@H]3COP(=S)(S)O[C@H]4[C@H]5OC[C@]4(COP(O)(=S)O[C@@H]2[C@H]3F)O[C@H]5n2cnc3c(N)ccnc32)c(=O)[nH]1.Nc1nc2c(nnn2[C@@H]2O[C@@H]3COP(O)(=S)O[C@H]4[C@H]5OC[C@]4(COP(=O)(S)O[C@@H]2[C@H]3F)O[C@H]5n2cnc3c(N)ccnc32)c(=O)[nH]1.Nc1nc2c(nnn2[C@@H]2O[C@@H]3COP(O)(=S)O[C@H]4[C@H]5OC[C@]4(COP(=S)(S)O[C@@H]2[C@H]3F)O[C@H]5n2cnc3c(N)ccnc32)c(=O)[nH]1. The second-order valence-corrected chi connectivity index (χ2v) is 54.3. The van der Waals surface area contributed by atoms with E-state index in [1.807, 2.05) is 0 Å². The number of hydrogen-bond acceptors (Lipinski definition) is 51. The number of pyridine rings is 3. The van der Waals surface area contributed by atoms with Crippen molar-refractivity contribution in [2.75, 3.05) is 93.9 Å². The van der Waals surface area contributed by atoms with Crippen LogP contribution in [0, 0.1) is 0 Å². The van der Waals surface area contributed by atoms with E-state index in [1.165, 1.54) is 37.6 Å². The summed E-state index contributed by atoms with van der Waals surface area (Å²) in [5.41, 5.74) is 24.5. The summed E-state index contributed by atoms with van der Waals surface area (Å²) >= 11 is 40.2. The van der Waals surface area contributed by atoms with Crippen molar-refractivity contribution in [1.82, 2.24) is 118 Å². The molecule has 12 fully saturated rings. The number of hydrogen-bond donors (Lipinski definition) is 15. The molecule has 58 nitrogen and oxygen atoms in total. The first-order chi connectivity index (χ1) is 65.5. The van der Waals surface area contributed by atoms with Crippen LogP contribution < -0.4 is 51.1 Å². The minimum atomic E-state index is -4.46. The molecule has 24 heterocycles. The molecule has 0 aliphatic carbocycles. The molecule has 12 saturated heterocycles. The highest BCUT2D eigenvalue weighted by Gasteiger charge is 2.70. The Morgan fingerprint density at radius 1 is 0.391 bits per heavy atom. The number of aromatic amines is 3. The second kappa shape index (κ2) is 35.1. The Bertz CT molecular complexity index is 6790. The van der Waals surface area contributed by atoms with Gasteiger partial charge in [0, 0.05) is 18.6 Å². The predicted octanol–water partition coefficient (Wildman–Crippen LogP) is 0.526.